The molecule has 1 N–H and O–H groups in total. The number of nitrogens with zero attached hydrogens (tertiary/aromatic N) is 1. The minimum absolute atomic E-state index is 0.136. The first kappa shape index (κ1) is 12.7. The van der Waals surface area contributed by atoms with Crippen LogP contribution >= 0.6 is 11.8 Å². The quantitative estimate of drug-likeness (QED) is 0.834. The van der Waals surface area contributed by atoms with Crippen LogP contribution in [0.4, 0.5) is 4.79 Å². The molecule has 18 heavy (non-hydrogen) atoms. The molecule has 1 aliphatic heterocycles. The molecule has 1 aliphatic rings. The summed E-state index contributed by atoms with van der Waals surface area (Å²) in [4.78, 5) is 25.3. The lowest BCUT2D eigenvalue weighted by atomic mass is 10.2. The SMILES string of the molecule is CC(C)N1C(=O)S/C(=C\c2ccc(O)cc2)C1=O. The summed E-state index contributed by atoms with van der Waals surface area (Å²) >= 11 is 0.945. The second-order valence-electron chi connectivity index (χ2n) is 4.24. The fourth-order valence-electron chi connectivity index (χ4n) is 1.65. The molecular weight excluding hydrogens is 250 g/mol. The van der Waals surface area contributed by atoms with E-state index in [-0.39, 0.29) is 22.9 Å². The number of benzene rings is 1. The van der Waals surface area contributed by atoms with Crippen LogP contribution in [-0.4, -0.2) is 27.2 Å². The molecule has 94 valence electrons. The van der Waals surface area contributed by atoms with Crippen LogP contribution in [0.2, 0.25) is 0 Å². The van der Waals surface area contributed by atoms with E-state index in [4.69, 9.17) is 0 Å². The van der Waals surface area contributed by atoms with Crippen molar-refractivity contribution in [3.05, 3.63) is 34.7 Å². The first-order valence-electron chi connectivity index (χ1n) is 5.55. The zero-order valence-corrected chi connectivity index (χ0v) is 10.9. The molecule has 0 atom stereocenters. The molecular formula is C13H13NO3S. The third kappa shape index (κ3) is 2.41. The molecule has 1 heterocycles. The van der Waals surface area contributed by atoms with Crippen molar-refractivity contribution in [1.82, 2.24) is 4.90 Å². The van der Waals surface area contributed by atoms with Crippen LogP contribution < -0.4 is 0 Å². The van der Waals surface area contributed by atoms with E-state index < -0.39 is 0 Å². The molecule has 1 saturated heterocycles. The van der Waals surface area contributed by atoms with Gasteiger partial charge in [0.2, 0.25) is 0 Å². The number of thioether (sulfide) groups is 1. The van der Waals surface area contributed by atoms with E-state index in [1.165, 1.54) is 4.90 Å². The van der Waals surface area contributed by atoms with E-state index in [0.717, 1.165) is 17.3 Å². The van der Waals surface area contributed by atoms with Crippen LogP contribution in [-0.2, 0) is 4.79 Å². The van der Waals surface area contributed by atoms with Crippen molar-refractivity contribution in [2.45, 2.75) is 19.9 Å². The Morgan fingerprint density at radius 2 is 1.83 bits per heavy atom. The Balaban J connectivity index is 2.28. The Labute approximate surface area is 109 Å². The van der Waals surface area contributed by atoms with Crippen LogP contribution in [0, 0.1) is 0 Å². The number of carbonyl (C=O) groups excluding carboxylic acids is 2. The Morgan fingerprint density at radius 1 is 1.22 bits per heavy atom. The van der Waals surface area contributed by atoms with Gasteiger partial charge in [-0.25, -0.2) is 0 Å². The third-order valence-electron chi connectivity index (χ3n) is 2.53. The monoisotopic (exact) mass is 263 g/mol. The number of rotatable bonds is 2. The number of hydrogen-bond donors (Lipinski definition) is 1. The molecule has 5 heteroatoms. The van der Waals surface area contributed by atoms with Crippen molar-refractivity contribution in [1.29, 1.82) is 0 Å². The van der Waals surface area contributed by atoms with Crippen LogP contribution in [0.1, 0.15) is 19.4 Å². The summed E-state index contributed by atoms with van der Waals surface area (Å²) in [5, 5.41) is 8.94. The van der Waals surface area contributed by atoms with E-state index >= 15 is 0 Å². The van der Waals surface area contributed by atoms with E-state index in [1.54, 1.807) is 44.2 Å². The maximum absolute atomic E-state index is 12.0. The molecule has 0 unspecified atom stereocenters. The van der Waals surface area contributed by atoms with Gasteiger partial charge in [-0.1, -0.05) is 12.1 Å². The summed E-state index contributed by atoms with van der Waals surface area (Å²) in [7, 11) is 0. The van der Waals surface area contributed by atoms with Crippen molar-refractivity contribution in [2.24, 2.45) is 0 Å². The highest BCUT2D eigenvalue weighted by molar-refractivity contribution is 8.18. The highest BCUT2D eigenvalue weighted by Gasteiger charge is 2.36. The van der Waals surface area contributed by atoms with E-state index in [1.807, 2.05) is 0 Å². The predicted molar refractivity (Wildman–Crippen MR) is 71.1 cm³/mol. The van der Waals surface area contributed by atoms with Crippen molar-refractivity contribution < 1.29 is 14.7 Å². The van der Waals surface area contributed by atoms with Gasteiger partial charge in [-0.3, -0.25) is 14.5 Å². The van der Waals surface area contributed by atoms with Crippen molar-refractivity contribution in [3.63, 3.8) is 0 Å². The van der Waals surface area contributed by atoms with Crippen molar-refractivity contribution in [2.75, 3.05) is 0 Å². The van der Waals surface area contributed by atoms with E-state index in [9.17, 15) is 14.7 Å². The Morgan fingerprint density at radius 3 is 2.33 bits per heavy atom. The van der Waals surface area contributed by atoms with E-state index in [0.29, 0.717) is 4.91 Å². The summed E-state index contributed by atoms with van der Waals surface area (Å²) < 4.78 is 0. The molecule has 0 spiro atoms. The predicted octanol–water partition coefficient (Wildman–Crippen LogP) is 2.84. The summed E-state index contributed by atoms with van der Waals surface area (Å²) in [5.41, 5.74) is 0.780. The zero-order chi connectivity index (χ0) is 13.3. The first-order chi connectivity index (χ1) is 8.49. The Kier molecular flexibility index (Phi) is 3.43. The van der Waals surface area contributed by atoms with Crippen LogP contribution in [0.5, 0.6) is 5.75 Å². The van der Waals surface area contributed by atoms with Crippen molar-refractivity contribution >= 4 is 29.0 Å². The van der Waals surface area contributed by atoms with Gasteiger partial charge >= 0.3 is 0 Å². The molecule has 1 aromatic rings. The first-order valence-corrected chi connectivity index (χ1v) is 6.37. The Hall–Kier alpha value is -1.75. The summed E-state index contributed by atoms with van der Waals surface area (Å²) in [6, 6.07) is 6.33. The van der Waals surface area contributed by atoms with Gasteiger partial charge in [0.05, 0.1) is 4.91 Å². The topological polar surface area (TPSA) is 57.6 Å². The molecule has 2 amide bonds. The molecule has 0 aromatic heterocycles. The molecule has 1 aromatic carbocycles. The normalized spacial score (nSPS) is 18.2. The minimum atomic E-state index is -0.256. The minimum Gasteiger partial charge on any atom is -0.508 e. The van der Waals surface area contributed by atoms with Crippen LogP contribution in [0.15, 0.2) is 29.2 Å². The highest BCUT2D eigenvalue weighted by Crippen LogP contribution is 2.33. The fraction of sp³-hybridized carbons (Fsp3) is 0.231. The van der Waals surface area contributed by atoms with Gasteiger partial charge < -0.3 is 5.11 Å². The number of phenols is 1. The summed E-state index contributed by atoms with van der Waals surface area (Å²) in [5.74, 6) is -0.0875. The molecule has 0 saturated carbocycles. The molecule has 2 rings (SSSR count). The van der Waals surface area contributed by atoms with Gasteiger partial charge in [0.25, 0.3) is 11.1 Å². The maximum Gasteiger partial charge on any atom is 0.293 e. The number of phenolic OH excluding ortho intramolecular Hbond substituents is 1. The van der Waals surface area contributed by atoms with Crippen LogP contribution in [0.3, 0.4) is 0 Å². The zero-order valence-electron chi connectivity index (χ0n) is 10.1. The number of aromatic hydroxyl groups is 1. The van der Waals surface area contributed by atoms with Gasteiger partial charge in [0.15, 0.2) is 0 Å². The molecule has 1 fully saturated rings. The molecule has 0 aliphatic carbocycles. The van der Waals surface area contributed by atoms with Crippen LogP contribution in [0.25, 0.3) is 6.08 Å². The molecule has 0 radical (unpaired) electrons. The maximum atomic E-state index is 12.0. The lowest BCUT2D eigenvalue weighted by Crippen LogP contribution is -2.34. The molecule has 4 nitrogen and oxygen atoms in total. The lowest BCUT2D eigenvalue weighted by Gasteiger charge is -2.16. The second-order valence-corrected chi connectivity index (χ2v) is 5.23. The van der Waals surface area contributed by atoms with Gasteiger partial charge in [0.1, 0.15) is 5.75 Å². The largest absolute Gasteiger partial charge is 0.508 e. The smallest absolute Gasteiger partial charge is 0.293 e. The average molecular weight is 263 g/mol. The lowest BCUT2D eigenvalue weighted by molar-refractivity contribution is -0.123. The van der Waals surface area contributed by atoms with E-state index in [2.05, 4.69) is 0 Å². The highest BCUT2D eigenvalue weighted by atomic mass is 32.2. The van der Waals surface area contributed by atoms with Gasteiger partial charge in [-0.2, -0.15) is 0 Å². The number of imide groups is 1. The van der Waals surface area contributed by atoms with Gasteiger partial charge in [0, 0.05) is 6.04 Å². The number of amides is 2. The molecule has 0 bridgehead atoms. The summed E-state index contributed by atoms with van der Waals surface area (Å²) in [6.07, 6.45) is 1.66. The average Bonchev–Trinajstić information content (AvgIpc) is 2.57. The summed E-state index contributed by atoms with van der Waals surface area (Å²) in [6.45, 7) is 3.61. The third-order valence-corrected chi connectivity index (χ3v) is 3.41. The standard InChI is InChI=1S/C13H13NO3S/c1-8(2)14-12(16)11(18-13(14)17)7-9-3-5-10(15)6-4-9/h3-8,15H,1-2H3/b11-7-. The Bertz CT molecular complexity index is 520. The second kappa shape index (κ2) is 4.86. The number of hydrogen-bond acceptors (Lipinski definition) is 4. The fourth-order valence-corrected chi connectivity index (χ4v) is 2.61. The van der Waals surface area contributed by atoms with Gasteiger partial charge in [-0.15, -0.1) is 0 Å². The van der Waals surface area contributed by atoms with Crippen molar-refractivity contribution in [3.8, 4) is 5.75 Å². The van der Waals surface area contributed by atoms with Gasteiger partial charge in [-0.05, 0) is 49.4 Å². The number of carbonyl (C=O) groups is 2.